The number of carbonyl (C=O) groups is 1. The molecule has 1 amide bonds. The number of anilines is 1. The lowest BCUT2D eigenvalue weighted by Gasteiger charge is -2.32. The van der Waals surface area contributed by atoms with E-state index in [-0.39, 0.29) is 29.2 Å². The molecule has 2 fully saturated rings. The Morgan fingerprint density at radius 3 is 2.64 bits per heavy atom. The Balaban J connectivity index is 1.35. The number of amides is 1. The van der Waals surface area contributed by atoms with Gasteiger partial charge in [0.15, 0.2) is 0 Å². The molecule has 0 spiro atoms. The minimum absolute atomic E-state index is 0.0588. The van der Waals surface area contributed by atoms with E-state index in [9.17, 15) is 9.18 Å². The first-order valence-corrected chi connectivity index (χ1v) is 12.8. The van der Waals surface area contributed by atoms with Crippen LogP contribution in [0.3, 0.4) is 0 Å². The fraction of sp³-hybridized carbons (Fsp3) is 0.346. The van der Waals surface area contributed by atoms with Crippen LogP contribution in [0.15, 0.2) is 42.5 Å². The van der Waals surface area contributed by atoms with Crippen LogP contribution in [-0.2, 0) is 9.53 Å². The number of aromatic nitrogens is 3. The lowest BCUT2D eigenvalue weighted by atomic mass is 9.95. The van der Waals surface area contributed by atoms with Crippen molar-refractivity contribution in [2.45, 2.75) is 25.3 Å². The Bertz CT molecular complexity index is 1460. The van der Waals surface area contributed by atoms with E-state index in [0.29, 0.717) is 71.9 Å². The molecule has 7 nitrogen and oxygen atoms in total. The first-order chi connectivity index (χ1) is 17.5. The lowest BCUT2D eigenvalue weighted by molar-refractivity contribution is -0.126. The number of nitrogens with zero attached hydrogens (tertiary/aromatic N) is 4. The summed E-state index contributed by atoms with van der Waals surface area (Å²) < 4.78 is 21.8. The number of piperidine rings is 1. The fourth-order valence-electron chi connectivity index (χ4n) is 5.03. The summed E-state index contributed by atoms with van der Waals surface area (Å²) in [6.45, 7) is 2.57. The van der Waals surface area contributed by atoms with Gasteiger partial charge < -0.3 is 15.0 Å². The number of nitrogens with one attached hydrogen (secondary N) is 1. The van der Waals surface area contributed by atoms with Crippen molar-refractivity contribution in [2.24, 2.45) is 5.92 Å². The van der Waals surface area contributed by atoms with Crippen molar-refractivity contribution in [3.63, 3.8) is 0 Å². The Hall–Kier alpha value is -2.94. The predicted molar refractivity (Wildman–Crippen MR) is 139 cm³/mol. The molecule has 4 aromatic rings. The number of rotatable bonds is 4. The first-order valence-electron chi connectivity index (χ1n) is 12.0. The number of halogens is 3. The van der Waals surface area contributed by atoms with E-state index >= 15 is 0 Å². The van der Waals surface area contributed by atoms with Crippen molar-refractivity contribution in [3.8, 4) is 5.82 Å². The van der Waals surface area contributed by atoms with Gasteiger partial charge >= 0.3 is 0 Å². The van der Waals surface area contributed by atoms with Gasteiger partial charge in [0.05, 0.1) is 33.7 Å². The zero-order valence-corrected chi connectivity index (χ0v) is 20.9. The minimum atomic E-state index is -0.388. The predicted octanol–water partition coefficient (Wildman–Crippen LogP) is 5.14. The smallest absolute Gasteiger partial charge is 0.223 e. The van der Waals surface area contributed by atoms with Crippen LogP contribution in [0.2, 0.25) is 10.0 Å². The Morgan fingerprint density at radius 2 is 1.86 bits per heavy atom. The number of hydrogen-bond acceptors (Lipinski definition) is 5. The molecule has 10 heteroatoms. The molecule has 2 aromatic heterocycles. The van der Waals surface area contributed by atoms with E-state index in [4.69, 9.17) is 32.9 Å². The highest BCUT2D eigenvalue weighted by Gasteiger charge is 2.30. The summed E-state index contributed by atoms with van der Waals surface area (Å²) in [4.78, 5) is 24.4. The largest absolute Gasteiger partial charge is 0.379 e. The van der Waals surface area contributed by atoms with Gasteiger partial charge in [-0.2, -0.15) is 0 Å². The van der Waals surface area contributed by atoms with Crippen LogP contribution >= 0.6 is 23.2 Å². The number of fused-ring (bicyclic) bond motifs is 2. The maximum Gasteiger partial charge on any atom is 0.223 e. The lowest BCUT2D eigenvalue weighted by Crippen LogP contribution is -2.44. The SMILES string of the molecule is O=C(N[C@@H]1CCOC1)C1CCN(c2nc3cc(Cl)c(Cl)cc3n2-c2ccc3cccc(F)c3n2)CC1. The summed E-state index contributed by atoms with van der Waals surface area (Å²) >= 11 is 12.7. The van der Waals surface area contributed by atoms with Crippen molar-refractivity contribution in [2.75, 3.05) is 31.2 Å². The topological polar surface area (TPSA) is 72.3 Å². The molecule has 4 heterocycles. The van der Waals surface area contributed by atoms with E-state index in [1.807, 2.05) is 22.8 Å². The van der Waals surface area contributed by atoms with Gasteiger partial charge in [-0.05, 0) is 49.6 Å². The molecule has 0 saturated carbocycles. The van der Waals surface area contributed by atoms with Gasteiger partial charge in [-0.3, -0.25) is 9.36 Å². The van der Waals surface area contributed by atoms with Gasteiger partial charge in [0, 0.05) is 31.0 Å². The molecule has 1 N–H and O–H groups in total. The van der Waals surface area contributed by atoms with Crippen molar-refractivity contribution in [1.29, 1.82) is 0 Å². The molecule has 1 atom stereocenters. The van der Waals surface area contributed by atoms with Gasteiger partial charge in [0.2, 0.25) is 11.9 Å². The van der Waals surface area contributed by atoms with E-state index < -0.39 is 0 Å². The van der Waals surface area contributed by atoms with Crippen LogP contribution in [0, 0.1) is 11.7 Å². The highest BCUT2D eigenvalue weighted by Crippen LogP contribution is 2.34. The number of benzene rings is 2. The maximum atomic E-state index is 14.6. The van der Waals surface area contributed by atoms with E-state index in [1.54, 1.807) is 18.2 Å². The summed E-state index contributed by atoms with van der Waals surface area (Å²) in [6.07, 6.45) is 2.26. The molecule has 0 bridgehead atoms. The van der Waals surface area contributed by atoms with E-state index in [0.717, 1.165) is 11.9 Å². The second-order valence-corrected chi connectivity index (χ2v) is 10.1. The van der Waals surface area contributed by atoms with Crippen molar-refractivity contribution in [3.05, 3.63) is 58.3 Å². The minimum Gasteiger partial charge on any atom is -0.379 e. The van der Waals surface area contributed by atoms with Crippen molar-refractivity contribution in [1.82, 2.24) is 19.9 Å². The normalized spacial score (nSPS) is 18.9. The highest BCUT2D eigenvalue weighted by molar-refractivity contribution is 6.42. The van der Waals surface area contributed by atoms with Gasteiger partial charge in [-0.15, -0.1) is 0 Å². The van der Waals surface area contributed by atoms with Gasteiger partial charge in [-0.1, -0.05) is 35.3 Å². The molecule has 0 radical (unpaired) electrons. The number of hydrogen-bond donors (Lipinski definition) is 1. The third kappa shape index (κ3) is 4.27. The first kappa shape index (κ1) is 23.5. The monoisotopic (exact) mass is 527 g/mol. The molecule has 0 unspecified atom stereocenters. The third-order valence-corrected chi connectivity index (χ3v) is 7.71. The standard InChI is InChI=1S/C26H24Cl2FN5O2/c27-18-12-21-22(13-19(18)28)34(23-5-4-15-2-1-3-20(29)24(15)32-23)26(31-21)33-9-6-16(7-10-33)25(35)30-17-8-11-36-14-17/h1-5,12-13,16-17H,6-11,14H2,(H,30,35)/t17-/m1/s1. The average Bonchev–Trinajstić information content (AvgIpc) is 3.52. The molecular weight excluding hydrogens is 504 g/mol. The zero-order valence-electron chi connectivity index (χ0n) is 19.4. The summed E-state index contributed by atoms with van der Waals surface area (Å²) in [5.74, 6) is 0.834. The molecule has 6 rings (SSSR count). The molecule has 36 heavy (non-hydrogen) atoms. The highest BCUT2D eigenvalue weighted by atomic mass is 35.5. The van der Waals surface area contributed by atoms with Crippen LogP contribution in [-0.4, -0.2) is 52.8 Å². The number of ether oxygens (including phenoxy) is 1. The second-order valence-electron chi connectivity index (χ2n) is 9.31. The van der Waals surface area contributed by atoms with E-state index in [2.05, 4.69) is 15.2 Å². The summed E-state index contributed by atoms with van der Waals surface area (Å²) in [5, 5.41) is 4.64. The molecular formula is C26H24Cl2FN5O2. The summed E-state index contributed by atoms with van der Waals surface area (Å²) in [5.41, 5.74) is 1.67. The molecule has 2 aliphatic heterocycles. The van der Waals surface area contributed by atoms with E-state index in [1.165, 1.54) is 6.07 Å². The Morgan fingerprint density at radius 1 is 1.06 bits per heavy atom. The van der Waals surface area contributed by atoms with Gasteiger partial charge in [-0.25, -0.2) is 14.4 Å². The second kappa shape index (κ2) is 9.50. The van der Waals surface area contributed by atoms with Crippen LogP contribution in [0.5, 0.6) is 0 Å². The van der Waals surface area contributed by atoms with Crippen LogP contribution < -0.4 is 10.2 Å². The molecule has 2 saturated heterocycles. The summed E-state index contributed by atoms with van der Waals surface area (Å²) in [6, 6.07) is 12.2. The summed E-state index contributed by atoms with van der Waals surface area (Å²) in [7, 11) is 0. The quantitative estimate of drug-likeness (QED) is 0.397. The van der Waals surface area contributed by atoms with Crippen LogP contribution in [0.1, 0.15) is 19.3 Å². The van der Waals surface area contributed by atoms with Crippen LogP contribution in [0.25, 0.3) is 27.8 Å². The van der Waals surface area contributed by atoms with Crippen molar-refractivity contribution >= 4 is 57.0 Å². The molecule has 0 aliphatic carbocycles. The van der Waals surface area contributed by atoms with Crippen molar-refractivity contribution < 1.29 is 13.9 Å². The Kier molecular flexibility index (Phi) is 6.19. The van der Waals surface area contributed by atoms with Gasteiger partial charge in [0.1, 0.15) is 17.2 Å². The number of pyridine rings is 1. The average molecular weight is 528 g/mol. The zero-order chi connectivity index (χ0) is 24.8. The number of carbonyl (C=O) groups excluding carboxylic acids is 1. The number of para-hydroxylation sites is 1. The van der Waals surface area contributed by atoms with Gasteiger partial charge in [0.25, 0.3) is 0 Å². The fourth-order valence-corrected chi connectivity index (χ4v) is 5.35. The molecule has 2 aliphatic rings. The number of imidazole rings is 1. The third-order valence-electron chi connectivity index (χ3n) is 6.99. The van der Waals surface area contributed by atoms with Crippen LogP contribution in [0.4, 0.5) is 10.3 Å². The molecule has 2 aromatic carbocycles. The molecule has 186 valence electrons. The Labute approximate surface area is 217 Å². The maximum absolute atomic E-state index is 14.6.